The Morgan fingerprint density at radius 2 is 1.88 bits per heavy atom. The van der Waals surface area contributed by atoms with Crippen LogP contribution in [-0.2, 0) is 13.5 Å². The number of aryl methyl sites for hydroxylation is 2. The highest BCUT2D eigenvalue weighted by Gasteiger charge is 2.25. The second-order valence-electron chi connectivity index (χ2n) is 6.72. The van der Waals surface area contributed by atoms with Crippen LogP contribution in [0.4, 0.5) is 0 Å². The predicted molar refractivity (Wildman–Crippen MR) is 100 cm³/mol. The Bertz CT molecular complexity index is 1070. The molecule has 0 radical (unpaired) electrons. The number of hydrogen-bond donors (Lipinski definition) is 2. The van der Waals surface area contributed by atoms with Crippen molar-refractivity contribution in [1.82, 2.24) is 9.88 Å². The molecule has 0 fully saturated rings. The van der Waals surface area contributed by atoms with E-state index >= 15 is 0 Å². The van der Waals surface area contributed by atoms with E-state index in [4.69, 9.17) is 0 Å². The van der Waals surface area contributed by atoms with E-state index in [1.165, 1.54) is 10.1 Å². The van der Waals surface area contributed by atoms with Gasteiger partial charge in [-0.15, -0.1) is 0 Å². The van der Waals surface area contributed by atoms with E-state index in [0.717, 1.165) is 24.8 Å². The van der Waals surface area contributed by atoms with Crippen molar-refractivity contribution in [3.05, 3.63) is 75.6 Å². The molecule has 1 aromatic heterocycles. The van der Waals surface area contributed by atoms with Gasteiger partial charge in [-0.05, 0) is 36.5 Å². The number of hydrogen-bond acceptors (Lipinski definition) is 3. The Morgan fingerprint density at radius 3 is 2.73 bits per heavy atom. The average Bonchev–Trinajstić information content (AvgIpc) is 2.67. The smallest absolute Gasteiger partial charge is 0.293 e. The maximum absolute atomic E-state index is 13.0. The quantitative estimate of drug-likeness (QED) is 0.748. The molecule has 4 rings (SSSR count). The van der Waals surface area contributed by atoms with Gasteiger partial charge in [0.2, 0.25) is 0 Å². The molecule has 1 aliphatic carbocycles. The molecule has 5 nitrogen and oxygen atoms in total. The number of aromatic nitrogens is 1. The summed E-state index contributed by atoms with van der Waals surface area (Å²) in [6.45, 7) is 0. The third-order valence-electron chi connectivity index (χ3n) is 5.18. The lowest BCUT2D eigenvalue weighted by molar-refractivity contribution is 0.0931. The highest BCUT2D eigenvalue weighted by Crippen LogP contribution is 2.31. The molecule has 26 heavy (non-hydrogen) atoms. The minimum atomic E-state index is -0.571. The van der Waals surface area contributed by atoms with Gasteiger partial charge in [0.15, 0.2) is 5.75 Å². The topological polar surface area (TPSA) is 71.3 Å². The first-order valence-corrected chi connectivity index (χ1v) is 8.77. The van der Waals surface area contributed by atoms with Crippen molar-refractivity contribution in [2.45, 2.75) is 25.3 Å². The summed E-state index contributed by atoms with van der Waals surface area (Å²) in [4.78, 5) is 25.3. The number of carbonyl (C=O) groups is 1. The summed E-state index contributed by atoms with van der Waals surface area (Å²) in [5.41, 5.74) is 2.44. The van der Waals surface area contributed by atoms with Crippen LogP contribution in [0, 0.1) is 0 Å². The molecule has 3 aromatic rings. The van der Waals surface area contributed by atoms with Crippen LogP contribution in [0.15, 0.2) is 53.3 Å². The first kappa shape index (κ1) is 16.4. The van der Waals surface area contributed by atoms with Crippen molar-refractivity contribution in [2.75, 3.05) is 0 Å². The van der Waals surface area contributed by atoms with E-state index < -0.39 is 17.2 Å². The van der Waals surface area contributed by atoms with Crippen LogP contribution in [0.5, 0.6) is 5.75 Å². The lowest BCUT2D eigenvalue weighted by Crippen LogP contribution is -2.32. The van der Waals surface area contributed by atoms with Gasteiger partial charge in [0.1, 0.15) is 0 Å². The molecule has 0 saturated heterocycles. The van der Waals surface area contributed by atoms with Crippen molar-refractivity contribution in [1.29, 1.82) is 0 Å². The van der Waals surface area contributed by atoms with Gasteiger partial charge in [0.05, 0.1) is 17.1 Å². The van der Waals surface area contributed by atoms with Gasteiger partial charge in [-0.3, -0.25) is 9.59 Å². The summed E-state index contributed by atoms with van der Waals surface area (Å²) in [7, 11) is 1.59. The van der Waals surface area contributed by atoms with Gasteiger partial charge in [0, 0.05) is 12.4 Å². The first-order valence-electron chi connectivity index (χ1n) is 8.77. The number of amides is 1. The zero-order valence-corrected chi connectivity index (χ0v) is 14.5. The molecule has 5 heteroatoms. The standard InChI is InChI=1S/C21H20N2O3/c1-23-17-12-5-4-10-15(17)18(19(24)21(23)26)20(25)22-16-11-6-8-13-7-2-3-9-14(13)16/h2-5,7,9-10,12,16,24H,6,8,11H2,1H3,(H,22,25). The minimum absolute atomic E-state index is 0.0479. The monoisotopic (exact) mass is 348 g/mol. The van der Waals surface area contributed by atoms with Gasteiger partial charge in [-0.2, -0.15) is 0 Å². The largest absolute Gasteiger partial charge is 0.502 e. The Hall–Kier alpha value is -3.08. The van der Waals surface area contributed by atoms with Gasteiger partial charge in [-0.1, -0.05) is 42.5 Å². The molecular weight excluding hydrogens is 328 g/mol. The summed E-state index contributed by atoms with van der Waals surface area (Å²) < 4.78 is 1.36. The third-order valence-corrected chi connectivity index (χ3v) is 5.18. The third kappa shape index (κ3) is 2.56. The zero-order chi connectivity index (χ0) is 18.3. The van der Waals surface area contributed by atoms with Crippen LogP contribution in [0.25, 0.3) is 10.9 Å². The Labute approximate surface area is 150 Å². The molecule has 2 N–H and O–H groups in total. The van der Waals surface area contributed by atoms with Crippen molar-refractivity contribution in [3.8, 4) is 5.75 Å². The van der Waals surface area contributed by atoms with Crippen LogP contribution in [0.1, 0.15) is 40.4 Å². The van der Waals surface area contributed by atoms with Crippen molar-refractivity contribution in [3.63, 3.8) is 0 Å². The molecular formula is C21H20N2O3. The molecule has 1 aliphatic rings. The van der Waals surface area contributed by atoms with Crippen LogP contribution < -0.4 is 10.9 Å². The normalized spacial score (nSPS) is 16.3. The van der Waals surface area contributed by atoms with Crippen LogP contribution in [-0.4, -0.2) is 15.6 Å². The number of nitrogens with one attached hydrogen (secondary N) is 1. The summed E-state index contributed by atoms with van der Waals surface area (Å²) in [6.07, 6.45) is 2.83. The Morgan fingerprint density at radius 1 is 1.15 bits per heavy atom. The van der Waals surface area contributed by atoms with Crippen molar-refractivity contribution >= 4 is 16.8 Å². The van der Waals surface area contributed by atoms with Crippen LogP contribution >= 0.6 is 0 Å². The van der Waals surface area contributed by atoms with Crippen molar-refractivity contribution in [2.24, 2.45) is 7.05 Å². The maximum Gasteiger partial charge on any atom is 0.293 e. The first-order chi connectivity index (χ1) is 12.6. The molecule has 1 heterocycles. The molecule has 132 valence electrons. The summed E-state index contributed by atoms with van der Waals surface area (Å²) in [5.74, 6) is -0.925. The zero-order valence-electron chi connectivity index (χ0n) is 14.5. The fourth-order valence-electron chi connectivity index (χ4n) is 3.84. The molecule has 1 atom stereocenters. The number of carbonyl (C=O) groups excluding carboxylic acids is 1. The fraction of sp³-hybridized carbons (Fsp3) is 0.238. The molecule has 0 saturated carbocycles. The maximum atomic E-state index is 13.0. The number of para-hydroxylation sites is 1. The predicted octanol–water partition coefficient (Wildman–Crippen LogP) is 3.05. The average molecular weight is 348 g/mol. The minimum Gasteiger partial charge on any atom is -0.502 e. The summed E-state index contributed by atoms with van der Waals surface area (Å²) in [6, 6.07) is 15.1. The highest BCUT2D eigenvalue weighted by molar-refractivity contribution is 6.08. The lowest BCUT2D eigenvalue weighted by atomic mass is 9.87. The number of nitrogens with zero attached hydrogens (tertiary/aromatic N) is 1. The van der Waals surface area contributed by atoms with Gasteiger partial charge in [-0.25, -0.2) is 0 Å². The number of fused-ring (bicyclic) bond motifs is 2. The van der Waals surface area contributed by atoms with E-state index in [1.54, 1.807) is 31.3 Å². The number of rotatable bonds is 2. The van der Waals surface area contributed by atoms with Crippen LogP contribution in [0.2, 0.25) is 0 Å². The fourth-order valence-corrected chi connectivity index (χ4v) is 3.84. The molecule has 0 spiro atoms. The molecule has 1 amide bonds. The second kappa shape index (κ2) is 6.33. The Kier molecular flexibility index (Phi) is 3.99. The van der Waals surface area contributed by atoms with E-state index in [2.05, 4.69) is 11.4 Å². The molecule has 1 unspecified atom stereocenters. The van der Waals surface area contributed by atoms with Gasteiger partial charge in [0.25, 0.3) is 11.5 Å². The SMILES string of the molecule is Cn1c(=O)c(O)c(C(=O)NC2CCCc3ccccc32)c2ccccc21. The summed E-state index contributed by atoms with van der Waals surface area (Å²) in [5, 5.41) is 14.0. The van der Waals surface area contributed by atoms with E-state index in [0.29, 0.717) is 10.9 Å². The highest BCUT2D eigenvalue weighted by atomic mass is 16.3. The van der Waals surface area contributed by atoms with E-state index in [1.807, 2.05) is 18.2 Å². The molecule has 0 aliphatic heterocycles. The summed E-state index contributed by atoms with van der Waals surface area (Å²) >= 11 is 0. The second-order valence-corrected chi connectivity index (χ2v) is 6.72. The number of pyridine rings is 1. The van der Waals surface area contributed by atoms with E-state index in [-0.39, 0.29) is 11.6 Å². The van der Waals surface area contributed by atoms with Gasteiger partial charge < -0.3 is 15.0 Å². The Balaban J connectivity index is 1.78. The molecule has 0 bridgehead atoms. The number of aromatic hydroxyl groups is 1. The van der Waals surface area contributed by atoms with E-state index in [9.17, 15) is 14.7 Å². The van der Waals surface area contributed by atoms with Crippen LogP contribution in [0.3, 0.4) is 0 Å². The number of benzene rings is 2. The lowest BCUT2D eigenvalue weighted by Gasteiger charge is -2.26. The van der Waals surface area contributed by atoms with Gasteiger partial charge >= 0.3 is 0 Å². The van der Waals surface area contributed by atoms with Crippen molar-refractivity contribution < 1.29 is 9.90 Å². The molecule has 2 aromatic carbocycles.